The number of hydroxylamine groups is 1. The molecule has 1 aliphatic heterocycles. The highest BCUT2D eigenvalue weighted by atomic mass is 16.6. The Hall–Kier alpha value is -3.90. The molecule has 0 bridgehead atoms. The predicted molar refractivity (Wildman–Crippen MR) is 129 cm³/mol. The third-order valence-electron chi connectivity index (χ3n) is 6.00. The second-order valence-electron chi connectivity index (χ2n) is 8.21. The highest BCUT2D eigenvalue weighted by Gasteiger charge is 2.30. The Morgan fingerprint density at radius 3 is 2.52 bits per heavy atom. The van der Waals surface area contributed by atoms with Gasteiger partial charge in [-0.3, -0.25) is 15.1 Å². The third kappa shape index (κ3) is 4.52. The smallest absolute Gasteiger partial charge is 0.258 e. The average molecular weight is 439 g/mol. The van der Waals surface area contributed by atoms with Gasteiger partial charge in [-0.15, -0.1) is 0 Å². The van der Waals surface area contributed by atoms with Crippen LogP contribution >= 0.6 is 0 Å². The van der Waals surface area contributed by atoms with Crippen LogP contribution in [0.3, 0.4) is 0 Å². The number of carbonyl (C=O) groups is 1. The Morgan fingerprint density at radius 1 is 1.03 bits per heavy atom. The SMILES string of the molecule is CONC1=CN(C(=O)c2ccc(-c3ccccc3)cc2)C(CCc2nc3ccccc3[nH]2)C1. The van der Waals surface area contributed by atoms with E-state index in [0.29, 0.717) is 12.0 Å². The number of fused-ring (bicyclic) bond motifs is 1. The van der Waals surface area contributed by atoms with Crippen LogP contribution in [0.15, 0.2) is 90.8 Å². The van der Waals surface area contributed by atoms with E-state index >= 15 is 0 Å². The molecule has 1 aromatic heterocycles. The number of aromatic amines is 1. The monoisotopic (exact) mass is 438 g/mol. The van der Waals surface area contributed by atoms with Crippen molar-refractivity contribution in [2.24, 2.45) is 0 Å². The number of amides is 1. The number of hydrogen-bond acceptors (Lipinski definition) is 4. The van der Waals surface area contributed by atoms with Gasteiger partial charge < -0.3 is 9.88 Å². The Kier molecular flexibility index (Phi) is 5.91. The summed E-state index contributed by atoms with van der Waals surface area (Å²) in [7, 11) is 1.58. The average Bonchev–Trinajstić information content (AvgIpc) is 3.47. The number of rotatable bonds is 7. The lowest BCUT2D eigenvalue weighted by Gasteiger charge is -2.23. The number of nitrogens with one attached hydrogen (secondary N) is 2. The lowest BCUT2D eigenvalue weighted by Crippen LogP contribution is -2.33. The van der Waals surface area contributed by atoms with Gasteiger partial charge >= 0.3 is 0 Å². The summed E-state index contributed by atoms with van der Waals surface area (Å²) in [6.07, 6.45) is 4.12. The minimum atomic E-state index is -0.0166. The summed E-state index contributed by atoms with van der Waals surface area (Å²) in [5, 5.41) is 0. The molecule has 0 aliphatic carbocycles. The Bertz CT molecular complexity index is 1250. The third-order valence-corrected chi connectivity index (χ3v) is 6.00. The maximum absolute atomic E-state index is 13.4. The Labute approximate surface area is 192 Å². The van der Waals surface area contributed by atoms with Gasteiger partial charge in [0.1, 0.15) is 5.82 Å². The number of benzene rings is 3. The van der Waals surface area contributed by atoms with Gasteiger partial charge in [0, 0.05) is 30.6 Å². The normalized spacial score (nSPS) is 15.6. The van der Waals surface area contributed by atoms with Crippen LogP contribution in [0.25, 0.3) is 22.2 Å². The number of para-hydroxylation sites is 2. The van der Waals surface area contributed by atoms with Crippen molar-refractivity contribution in [2.75, 3.05) is 7.11 Å². The summed E-state index contributed by atoms with van der Waals surface area (Å²) in [4.78, 5) is 28.4. The first-order valence-corrected chi connectivity index (χ1v) is 11.1. The minimum absolute atomic E-state index is 0.0166. The molecule has 2 heterocycles. The van der Waals surface area contributed by atoms with Crippen molar-refractivity contribution >= 4 is 16.9 Å². The fraction of sp³-hybridized carbons (Fsp3) is 0.185. The van der Waals surface area contributed by atoms with E-state index < -0.39 is 0 Å². The van der Waals surface area contributed by atoms with E-state index in [0.717, 1.165) is 46.5 Å². The lowest BCUT2D eigenvalue weighted by molar-refractivity contribution is 0.0778. The molecule has 3 aromatic carbocycles. The fourth-order valence-corrected chi connectivity index (χ4v) is 4.36. The van der Waals surface area contributed by atoms with Gasteiger partial charge in [-0.05, 0) is 41.8 Å². The van der Waals surface area contributed by atoms with Crippen molar-refractivity contribution in [3.8, 4) is 11.1 Å². The molecule has 6 nitrogen and oxygen atoms in total. The van der Waals surface area contributed by atoms with Gasteiger partial charge in [-0.1, -0.05) is 54.6 Å². The first-order valence-electron chi connectivity index (χ1n) is 11.1. The molecule has 0 fully saturated rings. The van der Waals surface area contributed by atoms with E-state index in [9.17, 15) is 4.79 Å². The maximum Gasteiger partial charge on any atom is 0.258 e. The predicted octanol–water partition coefficient (Wildman–Crippen LogP) is 5.07. The molecule has 4 aromatic rings. The van der Waals surface area contributed by atoms with Crippen molar-refractivity contribution in [3.05, 3.63) is 102 Å². The van der Waals surface area contributed by atoms with Crippen LogP contribution in [0.2, 0.25) is 0 Å². The van der Waals surface area contributed by atoms with E-state index in [1.807, 2.05) is 77.8 Å². The van der Waals surface area contributed by atoms with Crippen molar-refractivity contribution in [3.63, 3.8) is 0 Å². The topological polar surface area (TPSA) is 70.2 Å². The van der Waals surface area contributed by atoms with E-state index in [2.05, 4.69) is 27.6 Å². The van der Waals surface area contributed by atoms with Gasteiger partial charge in [0.05, 0.1) is 23.8 Å². The van der Waals surface area contributed by atoms with Crippen LogP contribution in [0.5, 0.6) is 0 Å². The molecule has 0 spiro atoms. The molecule has 1 atom stereocenters. The molecule has 1 amide bonds. The first kappa shape index (κ1) is 21.0. The highest BCUT2D eigenvalue weighted by molar-refractivity contribution is 5.96. The quantitative estimate of drug-likeness (QED) is 0.395. The molecule has 166 valence electrons. The van der Waals surface area contributed by atoms with Crippen LogP contribution in [0.1, 0.15) is 29.0 Å². The maximum atomic E-state index is 13.4. The summed E-state index contributed by atoms with van der Waals surface area (Å²) in [5.74, 6) is 0.918. The van der Waals surface area contributed by atoms with Gasteiger partial charge in [0.2, 0.25) is 0 Å². The number of H-pyrrole nitrogens is 1. The second kappa shape index (κ2) is 9.30. The summed E-state index contributed by atoms with van der Waals surface area (Å²) in [6.45, 7) is 0. The standard InChI is InChI=1S/C27H26N4O2/c1-33-30-22-17-23(15-16-26-28-24-9-5-6-10-25(24)29-26)31(18-22)27(32)21-13-11-20(12-14-21)19-7-3-2-4-8-19/h2-14,18,23,30H,15-17H2,1H3,(H,28,29). The first-order chi connectivity index (χ1) is 16.2. The van der Waals surface area contributed by atoms with Crippen molar-refractivity contribution in [1.29, 1.82) is 0 Å². The summed E-state index contributed by atoms with van der Waals surface area (Å²) < 4.78 is 0. The molecule has 1 unspecified atom stereocenters. The van der Waals surface area contributed by atoms with E-state index in [1.54, 1.807) is 7.11 Å². The van der Waals surface area contributed by atoms with Crippen LogP contribution in [0.4, 0.5) is 0 Å². The summed E-state index contributed by atoms with van der Waals surface area (Å²) in [6, 6.07) is 26.0. The molecule has 33 heavy (non-hydrogen) atoms. The van der Waals surface area contributed by atoms with Crippen molar-refractivity contribution < 1.29 is 9.63 Å². The number of nitrogens with zero attached hydrogens (tertiary/aromatic N) is 2. The molecule has 0 radical (unpaired) electrons. The summed E-state index contributed by atoms with van der Waals surface area (Å²) >= 11 is 0. The zero-order valence-electron chi connectivity index (χ0n) is 18.5. The molecule has 0 saturated carbocycles. The number of aryl methyl sites for hydroxylation is 1. The van der Waals surface area contributed by atoms with Crippen LogP contribution in [-0.4, -0.2) is 33.9 Å². The summed E-state index contributed by atoms with van der Waals surface area (Å²) in [5.41, 5.74) is 8.68. The molecule has 1 aliphatic rings. The Balaban J connectivity index is 1.32. The minimum Gasteiger partial charge on any atom is -0.342 e. The van der Waals surface area contributed by atoms with Gasteiger partial charge in [0.25, 0.3) is 5.91 Å². The molecule has 2 N–H and O–H groups in total. The zero-order chi connectivity index (χ0) is 22.6. The van der Waals surface area contributed by atoms with Crippen LogP contribution < -0.4 is 5.48 Å². The van der Waals surface area contributed by atoms with Crippen molar-refractivity contribution in [1.82, 2.24) is 20.3 Å². The van der Waals surface area contributed by atoms with Crippen LogP contribution in [-0.2, 0) is 11.3 Å². The van der Waals surface area contributed by atoms with E-state index in [4.69, 9.17) is 4.84 Å². The van der Waals surface area contributed by atoms with E-state index in [-0.39, 0.29) is 11.9 Å². The molecular weight excluding hydrogens is 412 g/mol. The van der Waals surface area contributed by atoms with Gasteiger partial charge in [0.15, 0.2) is 0 Å². The second-order valence-corrected chi connectivity index (χ2v) is 8.21. The lowest BCUT2D eigenvalue weighted by atomic mass is 10.0. The fourth-order valence-electron chi connectivity index (χ4n) is 4.36. The molecule has 6 heteroatoms. The highest BCUT2D eigenvalue weighted by Crippen LogP contribution is 2.27. The van der Waals surface area contributed by atoms with Gasteiger partial charge in [-0.2, -0.15) is 0 Å². The van der Waals surface area contributed by atoms with Crippen molar-refractivity contribution in [2.45, 2.75) is 25.3 Å². The number of imidazole rings is 1. The molecule has 0 saturated heterocycles. The zero-order valence-corrected chi connectivity index (χ0v) is 18.5. The molecule has 5 rings (SSSR count). The van der Waals surface area contributed by atoms with Crippen LogP contribution in [0, 0.1) is 0 Å². The van der Waals surface area contributed by atoms with Gasteiger partial charge in [-0.25, -0.2) is 4.98 Å². The number of carbonyl (C=O) groups excluding carboxylic acids is 1. The Morgan fingerprint density at radius 2 is 1.76 bits per heavy atom. The number of aromatic nitrogens is 2. The molecular formula is C27H26N4O2. The number of hydrogen-bond donors (Lipinski definition) is 2. The largest absolute Gasteiger partial charge is 0.342 e. The van der Waals surface area contributed by atoms with E-state index in [1.165, 1.54) is 0 Å².